The number of carbonyl (C=O) groups is 1. The van der Waals surface area contributed by atoms with Crippen molar-refractivity contribution in [3.8, 4) is 0 Å². The number of carbonyl (C=O) groups excluding carboxylic acids is 1. The Hall–Kier alpha value is -0.610. The number of hydrogen-bond donors (Lipinski definition) is 0. The molecule has 0 N–H and O–H groups in total. The van der Waals surface area contributed by atoms with Crippen LogP contribution in [0, 0.1) is 11.8 Å². The summed E-state index contributed by atoms with van der Waals surface area (Å²) < 4.78 is 50.5. The summed E-state index contributed by atoms with van der Waals surface area (Å²) in [6.45, 7) is 0. The summed E-state index contributed by atoms with van der Waals surface area (Å²) in [6, 6.07) is 0. The van der Waals surface area contributed by atoms with Gasteiger partial charge in [0.15, 0.2) is 0 Å². The molecule has 0 radical (unpaired) electrons. The molecular weight excluding hydrogens is 212 g/mol. The van der Waals surface area contributed by atoms with Crippen LogP contribution in [-0.2, 0) is 4.79 Å². The van der Waals surface area contributed by atoms with Crippen LogP contribution in [0.4, 0.5) is 17.6 Å². The average Bonchev–Trinajstić information content (AvgIpc) is 2.54. The zero-order valence-electron chi connectivity index (χ0n) is 8.11. The van der Waals surface area contributed by atoms with E-state index in [4.69, 9.17) is 0 Å². The maximum atomic E-state index is 12.8. The fourth-order valence-corrected chi connectivity index (χ4v) is 2.13. The molecular formula is C10H12F4O. The van der Waals surface area contributed by atoms with Gasteiger partial charge in [0, 0.05) is 37.5 Å². The number of halogens is 4. The molecule has 0 aromatic carbocycles. The van der Waals surface area contributed by atoms with Crippen molar-refractivity contribution in [1.29, 1.82) is 0 Å². The predicted molar refractivity (Wildman–Crippen MR) is 45.0 cm³/mol. The molecule has 2 rings (SSSR count). The highest BCUT2D eigenvalue weighted by atomic mass is 19.3. The molecule has 2 fully saturated rings. The third-order valence-electron chi connectivity index (χ3n) is 3.26. The lowest BCUT2D eigenvalue weighted by Gasteiger charge is -2.09. The van der Waals surface area contributed by atoms with Crippen molar-refractivity contribution in [2.24, 2.45) is 11.8 Å². The molecule has 2 aliphatic rings. The van der Waals surface area contributed by atoms with Crippen LogP contribution >= 0.6 is 0 Å². The number of alkyl halides is 4. The van der Waals surface area contributed by atoms with Gasteiger partial charge in [-0.3, -0.25) is 4.79 Å². The first kappa shape index (κ1) is 10.9. The van der Waals surface area contributed by atoms with Gasteiger partial charge in [-0.2, -0.15) is 0 Å². The van der Waals surface area contributed by atoms with E-state index in [9.17, 15) is 22.4 Å². The standard InChI is InChI=1S/C10H12F4O/c11-9(12)2-1-6(4-9)8(15)3-7-5-10(7,13)14/h6-7H,1-5H2. The highest BCUT2D eigenvalue weighted by Crippen LogP contribution is 2.52. The van der Waals surface area contributed by atoms with E-state index < -0.39 is 35.9 Å². The fourth-order valence-electron chi connectivity index (χ4n) is 2.13. The first-order valence-electron chi connectivity index (χ1n) is 5.08. The predicted octanol–water partition coefficient (Wildman–Crippen LogP) is 3.04. The van der Waals surface area contributed by atoms with Gasteiger partial charge in [-0.25, -0.2) is 17.6 Å². The molecule has 1 nitrogen and oxygen atoms in total. The third-order valence-corrected chi connectivity index (χ3v) is 3.26. The zero-order valence-corrected chi connectivity index (χ0v) is 8.11. The normalized spacial score (nSPS) is 36.5. The Morgan fingerprint density at radius 1 is 1.20 bits per heavy atom. The van der Waals surface area contributed by atoms with E-state index >= 15 is 0 Å². The summed E-state index contributed by atoms with van der Waals surface area (Å²) in [7, 11) is 0. The van der Waals surface area contributed by atoms with Crippen LogP contribution in [0.1, 0.15) is 32.1 Å². The SMILES string of the molecule is O=C(CC1CC1(F)F)C1CCC(F)(F)C1. The smallest absolute Gasteiger partial charge is 0.252 e. The average molecular weight is 224 g/mol. The molecule has 2 atom stereocenters. The Labute approximate surface area is 84.8 Å². The zero-order chi connectivity index (χ0) is 11.3. The highest BCUT2D eigenvalue weighted by Gasteiger charge is 2.58. The minimum absolute atomic E-state index is 0.143. The highest BCUT2D eigenvalue weighted by molar-refractivity contribution is 5.82. The Bertz CT molecular complexity index is 287. The number of ketones is 1. The van der Waals surface area contributed by atoms with E-state index in [1.54, 1.807) is 0 Å². The minimum Gasteiger partial charge on any atom is -0.299 e. The van der Waals surface area contributed by atoms with E-state index in [1.807, 2.05) is 0 Å². The second kappa shape index (κ2) is 3.19. The quantitative estimate of drug-likeness (QED) is 0.673. The van der Waals surface area contributed by atoms with Crippen molar-refractivity contribution in [2.45, 2.75) is 43.9 Å². The lowest BCUT2D eigenvalue weighted by molar-refractivity contribution is -0.124. The molecule has 0 saturated heterocycles. The van der Waals surface area contributed by atoms with Gasteiger partial charge in [0.2, 0.25) is 5.92 Å². The first-order chi connectivity index (χ1) is 6.80. The third kappa shape index (κ3) is 2.32. The monoisotopic (exact) mass is 224 g/mol. The van der Waals surface area contributed by atoms with E-state index in [1.165, 1.54) is 0 Å². The summed E-state index contributed by atoms with van der Waals surface area (Å²) >= 11 is 0. The van der Waals surface area contributed by atoms with Crippen LogP contribution in [0.3, 0.4) is 0 Å². The van der Waals surface area contributed by atoms with E-state index in [0.717, 1.165) is 0 Å². The van der Waals surface area contributed by atoms with Crippen molar-refractivity contribution in [2.75, 3.05) is 0 Å². The summed E-state index contributed by atoms with van der Waals surface area (Å²) in [5, 5.41) is 0. The Balaban J connectivity index is 1.83. The van der Waals surface area contributed by atoms with Gasteiger partial charge in [-0.15, -0.1) is 0 Å². The largest absolute Gasteiger partial charge is 0.299 e. The Morgan fingerprint density at radius 3 is 2.20 bits per heavy atom. The molecule has 0 aliphatic heterocycles. The van der Waals surface area contributed by atoms with Crippen LogP contribution < -0.4 is 0 Å². The fraction of sp³-hybridized carbons (Fsp3) is 0.900. The van der Waals surface area contributed by atoms with Crippen molar-refractivity contribution in [3.63, 3.8) is 0 Å². The van der Waals surface area contributed by atoms with Crippen molar-refractivity contribution in [3.05, 3.63) is 0 Å². The second-order valence-corrected chi connectivity index (χ2v) is 4.63. The van der Waals surface area contributed by atoms with Crippen LogP contribution in [0.2, 0.25) is 0 Å². The maximum absolute atomic E-state index is 12.8. The van der Waals surface area contributed by atoms with Gasteiger partial charge in [-0.05, 0) is 6.42 Å². The van der Waals surface area contributed by atoms with Crippen molar-refractivity contribution < 1.29 is 22.4 Å². The minimum atomic E-state index is -2.77. The van der Waals surface area contributed by atoms with Gasteiger partial charge in [0.1, 0.15) is 5.78 Å². The van der Waals surface area contributed by atoms with E-state index in [-0.39, 0.29) is 25.7 Å². The van der Waals surface area contributed by atoms with Gasteiger partial charge < -0.3 is 0 Å². The van der Waals surface area contributed by atoms with Crippen molar-refractivity contribution in [1.82, 2.24) is 0 Å². The second-order valence-electron chi connectivity index (χ2n) is 4.63. The van der Waals surface area contributed by atoms with Gasteiger partial charge >= 0.3 is 0 Å². The molecule has 2 unspecified atom stereocenters. The molecule has 0 aromatic heterocycles. The van der Waals surface area contributed by atoms with Crippen LogP contribution in [0.5, 0.6) is 0 Å². The molecule has 0 spiro atoms. The van der Waals surface area contributed by atoms with Crippen LogP contribution in [0.15, 0.2) is 0 Å². The van der Waals surface area contributed by atoms with Gasteiger partial charge in [0.05, 0.1) is 0 Å². The Morgan fingerprint density at radius 2 is 1.80 bits per heavy atom. The van der Waals surface area contributed by atoms with Crippen LogP contribution in [0.25, 0.3) is 0 Å². The van der Waals surface area contributed by atoms with Crippen LogP contribution in [-0.4, -0.2) is 17.6 Å². The van der Waals surface area contributed by atoms with Gasteiger partial charge in [-0.1, -0.05) is 0 Å². The lowest BCUT2D eigenvalue weighted by atomic mass is 9.98. The van der Waals surface area contributed by atoms with E-state index in [0.29, 0.717) is 0 Å². The molecule has 5 heteroatoms. The summed E-state index contributed by atoms with van der Waals surface area (Å²) in [5.41, 5.74) is 0. The summed E-state index contributed by atoms with van der Waals surface area (Å²) in [4.78, 5) is 11.4. The van der Waals surface area contributed by atoms with Crippen molar-refractivity contribution >= 4 is 5.78 Å². The number of Topliss-reactive ketones (excluding diaryl/α,β-unsaturated/α-hetero) is 1. The summed E-state index contributed by atoms with van der Waals surface area (Å²) in [5.74, 6) is -7.49. The Kier molecular flexibility index (Phi) is 2.32. The topological polar surface area (TPSA) is 17.1 Å². The van der Waals surface area contributed by atoms with Gasteiger partial charge in [0.25, 0.3) is 5.92 Å². The molecule has 2 aliphatic carbocycles. The summed E-state index contributed by atoms with van der Waals surface area (Å²) in [6.07, 6.45) is -1.09. The molecule has 86 valence electrons. The molecule has 0 bridgehead atoms. The number of rotatable bonds is 3. The molecule has 15 heavy (non-hydrogen) atoms. The molecule has 0 aromatic rings. The first-order valence-corrected chi connectivity index (χ1v) is 5.08. The maximum Gasteiger partial charge on any atom is 0.252 e. The molecule has 0 amide bonds. The molecule has 0 heterocycles. The van der Waals surface area contributed by atoms with E-state index in [2.05, 4.69) is 0 Å². The molecule has 2 saturated carbocycles. The lowest BCUT2D eigenvalue weighted by Crippen LogP contribution is -2.16. The number of hydrogen-bond acceptors (Lipinski definition) is 1.